The second-order valence-corrected chi connectivity index (χ2v) is 7.31. The highest BCUT2D eigenvalue weighted by atomic mass is 127. The molecule has 2 heterocycles. The molecule has 0 saturated heterocycles. The first kappa shape index (κ1) is 14.2. The van der Waals surface area contributed by atoms with E-state index in [1.54, 1.807) is 23.6 Å². The zero-order chi connectivity index (χ0) is 15.0. The lowest BCUT2D eigenvalue weighted by atomic mass is 10.0. The van der Waals surface area contributed by atoms with Gasteiger partial charge in [0.25, 0.3) is 0 Å². The van der Waals surface area contributed by atoms with Crippen LogP contribution in [-0.2, 0) is 9.59 Å². The van der Waals surface area contributed by atoms with Crippen molar-refractivity contribution in [2.45, 2.75) is 6.42 Å². The lowest BCUT2D eigenvalue weighted by molar-refractivity contribution is -0.123. The summed E-state index contributed by atoms with van der Waals surface area (Å²) in [6.07, 6.45) is -0.222. The normalized spacial score (nSPS) is 14.0. The number of hydrogen-bond donors (Lipinski definition) is 2. The van der Waals surface area contributed by atoms with Gasteiger partial charge in [-0.2, -0.15) is 0 Å². The molecule has 5 nitrogen and oxygen atoms in total. The minimum atomic E-state index is -0.388. The molecule has 3 rings (SSSR count). The monoisotopic (exact) mass is 412 g/mol. The highest BCUT2D eigenvalue weighted by molar-refractivity contribution is 14.1. The minimum absolute atomic E-state index is 0.109. The maximum absolute atomic E-state index is 12.4. The van der Waals surface area contributed by atoms with E-state index in [-0.39, 0.29) is 24.0 Å². The zero-order valence-electron chi connectivity index (χ0n) is 10.6. The molecule has 1 aliphatic heterocycles. The van der Waals surface area contributed by atoms with E-state index in [1.807, 2.05) is 6.07 Å². The van der Waals surface area contributed by atoms with Gasteiger partial charge in [0.2, 0.25) is 11.8 Å². The minimum Gasteiger partial charge on any atom is -0.324 e. The van der Waals surface area contributed by atoms with Gasteiger partial charge < -0.3 is 10.6 Å². The van der Waals surface area contributed by atoms with Gasteiger partial charge in [-0.25, -0.2) is 0 Å². The highest BCUT2D eigenvalue weighted by Crippen LogP contribution is 2.28. The Labute approximate surface area is 137 Å². The van der Waals surface area contributed by atoms with Gasteiger partial charge in [-0.15, -0.1) is 11.3 Å². The van der Waals surface area contributed by atoms with Crippen LogP contribution >= 0.6 is 33.9 Å². The molecule has 1 aliphatic rings. The highest BCUT2D eigenvalue weighted by Gasteiger charge is 2.20. The third-order valence-electron chi connectivity index (χ3n) is 2.98. The molecule has 0 spiro atoms. The second-order valence-electron chi connectivity index (χ2n) is 4.50. The van der Waals surface area contributed by atoms with E-state index >= 15 is 0 Å². The van der Waals surface area contributed by atoms with Crippen LogP contribution in [0.4, 0.5) is 11.4 Å². The lowest BCUT2D eigenvalue weighted by Crippen LogP contribution is -2.16. The van der Waals surface area contributed by atoms with Crippen LogP contribution in [0.3, 0.4) is 0 Å². The standard InChI is InChI=1S/C14H9IN2O3S/c15-11-4-8(6-21-11)14(20)7-1-2-9-10(3-7)17-13(19)5-12(18)16-9/h1-4,6H,5H2,(H,16,18)(H,17,19). The van der Waals surface area contributed by atoms with Gasteiger partial charge in [0.05, 0.1) is 14.3 Å². The number of rotatable bonds is 2. The number of anilines is 2. The second kappa shape index (κ2) is 5.57. The Morgan fingerprint density at radius 1 is 1.05 bits per heavy atom. The van der Waals surface area contributed by atoms with Gasteiger partial charge in [0.15, 0.2) is 5.78 Å². The fourth-order valence-corrected chi connectivity index (χ4v) is 3.35. The van der Waals surface area contributed by atoms with Crippen LogP contribution in [0.15, 0.2) is 29.6 Å². The Hall–Kier alpha value is -1.74. The summed E-state index contributed by atoms with van der Waals surface area (Å²) >= 11 is 3.66. The van der Waals surface area contributed by atoms with Crippen molar-refractivity contribution in [2.75, 3.05) is 10.6 Å². The lowest BCUT2D eigenvalue weighted by Gasteiger charge is -2.08. The quantitative estimate of drug-likeness (QED) is 0.453. The van der Waals surface area contributed by atoms with E-state index in [0.29, 0.717) is 22.5 Å². The molecular formula is C14H9IN2O3S. The Kier molecular flexibility index (Phi) is 3.77. The number of carbonyl (C=O) groups is 3. The predicted molar refractivity (Wildman–Crippen MR) is 88.8 cm³/mol. The van der Waals surface area contributed by atoms with Gasteiger partial charge in [-0.3, -0.25) is 14.4 Å². The summed E-state index contributed by atoms with van der Waals surface area (Å²) in [5.41, 5.74) is 2.04. The number of halogens is 1. The average Bonchev–Trinajstić information content (AvgIpc) is 2.79. The summed E-state index contributed by atoms with van der Waals surface area (Å²) in [5, 5.41) is 7.06. The Balaban J connectivity index is 1.97. The third kappa shape index (κ3) is 2.98. The molecule has 2 N–H and O–H groups in total. The van der Waals surface area contributed by atoms with Gasteiger partial charge in [-0.05, 0) is 46.9 Å². The molecule has 0 bridgehead atoms. The molecule has 1 aromatic heterocycles. The molecule has 106 valence electrons. The van der Waals surface area contributed by atoms with E-state index in [0.717, 1.165) is 2.88 Å². The third-order valence-corrected chi connectivity index (χ3v) is 4.77. The molecule has 0 saturated carbocycles. The topological polar surface area (TPSA) is 75.3 Å². The number of amides is 2. The Morgan fingerprint density at radius 3 is 2.43 bits per heavy atom. The SMILES string of the molecule is O=C1CC(=O)Nc2cc(C(=O)c3csc(I)c3)ccc2N1. The molecule has 0 atom stereocenters. The fourth-order valence-electron chi connectivity index (χ4n) is 2.03. The molecule has 0 aliphatic carbocycles. The summed E-state index contributed by atoms with van der Waals surface area (Å²) in [5.74, 6) is -0.861. The Bertz CT molecular complexity index is 769. The number of hydrogen-bond acceptors (Lipinski definition) is 4. The fraction of sp³-hybridized carbons (Fsp3) is 0.0714. The number of carbonyl (C=O) groups excluding carboxylic acids is 3. The molecular weight excluding hydrogens is 403 g/mol. The van der Waals surface area contributed by atoms with E-state index in [4.69, 9.17) is 0 Å². The smallest absolute Gasteiger partial charge is 0.233 e. The first-order valence-electron chi connectivity index (χ1n) is 6.05. The van der Waals surface area contributed by atoms with Crippen molar-refractivity contribution in [1.82, 2.24) is 0 Å². The predicted octanol–water partition coefficient (Wildman–Crippen LogP) is 2.86. The van der Waals surface area contributed by atoms with Gasteiger partial charge in [-0.1, -0.05) is 0 Å². The average molecular weight is 412 g/mol. The summed E-state index contributed by atoms with van der Waals surface area (Å²) in [4.78, 5) is 35.4. The van der Waals surface area contributed by atoms with Crippen LogP contribution < -0.4 is 10.6 Å². The number of ketones is 1. The Morgan fingerprint density at radius 2 is 1.76 bits per heavy atom. The number of fused-ring (bicyclic) bond motifs is 1. The largest absolute Gasteiger partial charge is 0.324 e. The molecule has 21 heavy (non-hydrogen) atoms. The molecule has 2 aromatic rings. The van der Waals surface area contributed by atoms with Crippen molar-refractivity contribution in [3.05, 3.63) is 43.7 Å². The maximum atomic E-state index is 12.4. The van der Waals surface area contributed by atoms with Crippen LogP contribution in [0.25, 0.3) is 0 Å². The van der Waals surface area contributed by atoms with E-state index in [2.05, 4.69) is 33.2 Å². The first-order valence-corrected chi connectivity index (χ1v) is 8.01. The van der Waals surface area contributed by atoms with E-state index < -0.39 is 0 Å². The van der Waals surface area contributed by atoms with Crippen LogP contribution in [0.5, 0.6) is 0 Å². The van der Waals surface area contributed by atoms with Crippen molar-refractivity contribution in [3.63, 3.8) is 0 Å². The molecule has 1 aromatic carbocycles. The van der Waals surface area contributed by atoms with E-state index in [1.165, 1.54) is 11.3 Å². The van der Waals surface area contributed by atoms with Gasteiger partial charge in [0.1, 0.15) is 6.42 Å². The van der Waals surface area contributed by atoms with Gasteiger partial charge >= 0.3 is 0 Å². The van der Waals surface area contributed by atoms with Crippen LogP contribution in [0.1, 0.15) is 22.3 Å². The molecule has 0 radical (unpaired) electrons. The van der Waals surface area contributed by atoms with Crippen molar-refractivity contribution in [2.24, 2.45) is 0 Å². The summed E-state index contributed by atoms with van der Waals surface area (Å²) in [6, 6.07) is 6.68. The van der Waals surface area contributed by atoms with Crippen LogP contribution in [0, 0.1) is 2.88 Å². The van der Waals surface area contributed by atoms with E-state index in [9.17, 15) is 14.4 Å². The summed E-state index contributed by atoms with van der Waals surface area (Å²) in [7, 11) is 0. The molecule has 7 heteroatoms. The number of thiophene rings is 1. The maximum Gasteiger partial charge on any atom is 0.233 e. The molecule has 0 fully saturated rings. The summed E-state index contributed by atoms with van der Waals surface area (Å²) in [6.45, 7) is 0. The van der Waals surface area contributed by atoms with Crippen molar-refractivity contribution in [1.29, 1.82) is 0 Å². The first-order chi connectivity index (χ1) is 10.0. The summed E-state index contributed by atoms with van der Waals surface area (Å²) < 4.78 is 1.03. The van der Waals surface area contributed by atoms with Crippen LogP contribution in [0.2, 0.25) is 0 Å². The van der Waals surface area contributed by atoms with Crippen molar-refractivity contribution < 1.29 is 14.4 Å². The van der Waals surface area contributed by atoms with Crippen molar-refractivity contribution >= 4 is 62.9 Å². The molecule has 0 unspecified atom stereocenters. The van der Waals surface area contributed by atoms with Crippen LogP contribution in [-0.4, -0.2) is 17.6 Å². The zero-order valence-corrected chi connectivity index (χ0v) is 13.6. The van der Waals surface area contributed by atoms with Crippen molar-refractivity contribution in [3.8, 4) is 0 Å². The number of benzene rings is 1. The number of nitrogens with one attached hydrogen (secondary N) is 2. The molecule has 2 amide bonds. The van der Waals surface area contributed by atoms with Gasteiger partial charge in [0, 0.05) is 16.5 Å².